The van der Waals surface area contributed by atoms with E-state index in [-0.39, 0.29) is 11.8 Å². The predicted molar refractivity (Wildman–Crippen MR) is 110 cm³/mol. The number of thiazole rings is 1. The van der Waals surface area contributed by atoms with Crippen molar-refractivity contribution >= 4 is 45.6 Å². The number of anilines is 2. The molecule has 1 aliphatic heterocycles. The molecule has 1 aliphatic rings. The molecule has 3 aromatic rings. The number of carbonyl (C=O) groups is 2. The Kier molecular flexibility index (Phi) is 4.78. The molecule has 0 spiro atoms. The molecule has 2 aromatic carbocycles. The third-order valence-electron chi connectivity index (χ3n) is 4.41. The minimum atomic E-state index is -0.504. The van der Waals surface area contributed by atoms with Gasteiger partial charge in [-0.2, -0.15) is 0 Å². The van der Waals surface area contributed by atoms with Gasteiger partial charge in [0.1, 0.15) is 5.75 Å². The van der Waals surface area contributed by atoms with Crippen LogP contribution in [0.15, 0.2) is 47.8 Å². The highest BCUT2D eigenvalue weighted by atomic mass is 35.5. The first-order valence-corrected chi connectivity index (χ1v) is 9.79. The fourth-order valence-corrected chi connectivity index (χ4v) is 3.84. The molecule has 0 saturated heterocycles. The van der Waals surface area contributed by atoms with Crippen LogP contribution in [-0.4, -0.2) is 29.9 Å². The summed E-state index contributed by atoms with van der Waals surface area (Å²) < 4.78 is 5.65. The lowest BCUT2D eigenvalue weighted by molar-refractivity contribution is -0.125. The molecule has 0 radical (unpaired) electrons. The quantitative estimate of drug-likeness (QED) is 0.688. The van der Waals surface area contributed by atoms with Crippen molar-refractivity contribution in [3.05, 3.63) is 58.4 Å². The SMILES string of the molecule is CC1Oc2ccc(-c3csc(NC(=O)c4cccc(Cl)c4)n3)cc2N(C)C1=O. The summed E-state index contributed by atoms with van der Waals surface area (Å²) in [4.78, 5) is 30.6. The van der Waals surface area contributed by atoms with Gasteiger partial charge in [0.15, 0.2) is 11.2 Å². The highest BCUT2D eigenvalue weighted by molar-refractivity contribution is 7.14. The molecule has 1 N–H and O–H groups in total. The smallest absolute Gasteiger partial charge is 0.267 e. The van der Waals surface area contributed by atoms with Crippen LogP contribution in [0.25, 0.3) is 11.3 Å². The maximum Gasteiger partial charge on any atom is 0.267 e. The maximum absolute atomic E-state index is 12.3. The van der Waals surface area contributed by atoms with Crippen LogP contribution in [0.5, 0.6) is 5.75 Å². The summed E-state index contributed by atoms with van der Waals surface area (Å²) in [6.45, 7) is 1.73. The van der Waals surface area contributed by atoms with E-state index in [0.717, 1.165) is 5.56 Å². The number of fused-ring (bicyclic) bond motifs is 1. The number of likely N-dealkylation sites (N-methyl/N-ethyl adjacent to an activating group) is 1. The molecule has 1 unspecified atom stereocenters. The Balaban J connectivity index is 1.57. The van der Waals surface area contributed by atoms with Gasteiger partial charge in [-0.3, -0.25) is 14.9 Å². The number of rotatable bonds is 3. The van der Waals surface area contributed by atoms with Crippen LogP contribution in [0, 0.1) is 0 Å². The van der Waals surface area contributed by atoms with Crippen LogP contribution in [-0.2, 0) is 4.79 Å². The molecule has 0 fully saturated rings. The number of halogens is 1. The van der Waals surface area contributed by atoms with E-state index in [9.17, 15) is 9.59 Å². The summed E-state index contributed by atoms with van der Waals surface area (Å²) in [5, 5.41) is 5.61. The van der Waals surface area contributed by atoms with Crippen molar-refractivity contribution in [1.82, 2.24) is 4.98 Å². The van der Waals surface area contributed by atoms with Gasteiger partial charge in [0.25, 0.3) is 11.8 Å². The molecule has 6 nitrogen and oxygen atoms in total. The minimum Gasteiger partial charge on any atom is -0.479 e. The van der Waals surface area contributed by atoms with E-state index in [1.54, 1.807) is 43.1 Å². The zero-order chi connectivity index (χ0) is 19.8. The fourth-order valence-electron chi connectivity index (χ4n) is 2.93. The van der Waals surface area contributed by atoms with E-state index in [2.05, 4.69) is 10.3 Å². The number of hydrogen-bond acceptors (Lipinski definition) is 5. The number of aromatic nitrogens is 1. The van der Waals surface area contributed by atoms with Crippen LogP contribution >= 0.6 is 22.9 Å². The van der Waals surface area contributed by atoms with Gasteiger partial charge in [-0.15, -0.1) is 11.3 Å². The molecule has 28 heavy (non-hydrogen) atoms. The highest BCUT2D eigenvalue weighted by Gasteiger charge is 2.29. The summed E-state index contributed by atoms with van der Waals surface area (Å²) in [6.07, 6.45) is -0.504. The Morgan fingerprint density at radius 2 is 2.11 bits per heavy atom. The van der Waals surface area contributed by atoms with Crippen LogP contribution in [0.2, 0.25) is 5.02 Å². The summed E-state index contributed by atoms with van der Waals surface area (Å²) in [6, 6.07) is 12.3. The summed E-state index contributed by atoms with van der Waals surface area (Å²) >= 11 is 7.26. The van der Waals surface area contributed by atoms with Gasteiger partial charge < -0.3 is 9.64 Å². The number of benzene rings is 2. The van der Waals surface area contributed by atoms with Crippen molar-refractivity contribution in [2.45, 2.75) is 13.0 Å². The van der Waals surface area contributed by atoms with Crippen molar-refractivity contribution in [2.75, 3.05) is 17.3 Å². The minimum absolute atomic E-state index is 0.0996. The first kappa shape index (κ1) is 18.5. The van der Waals surface area contributed by atoms with Gasteiger partial charge >= 0.3 is 0 Å². The standard InChI is InChI=1S/C20H16ClN3O3S/c1-11-19(26)24(2)16-9-12(6-7-17(16)27-11)15-10-28-20(22-15)23-18(25)13-4-3-5-14(21)8-13/h3-11H,1-2H3,(H,22,23,25). The van der Waals surface area contributed by atoms with E-state index >= 15 is 0 Å². The van der Waals surface area contributed by atoms with Crippen LogP contribution in [0.1, 0.15) is 17.3 Å². The van der Waals surface area contributed by atoms with Crippen molar-refractivity contribution in [1.29, 1.82) is 0 Å². The van der Waals surface area contributed by atoms with Gasteiger partial charge in [0.05, 0.1) is 11.4 Å². The van der Waals surface area contributed by atoms with Crippen molar-refractivity contribution in [3.8, 4) is 17.0 Å². The molecule has 1 aromatic heterocycles. The van der Waals surface area contributed by atoms with E-state index in [1.807, 2.05) is 23.6 Å². The van der Waals surface area contributed by atoms with Gasteiger partial charge in [-0.25, -0.2) is 4.98 Å². The van der Waals surface area contributed by atoms with Gasteiger partial charge in [0, 0.05) is 28.6 Å². The topological polar surface area (TPSA) is 71.5 Å². The fraction of sp³-hybridized carbons (Fsp3) is 0.150. The first-order chi connectivity index (χ1) is 13.4. The second kappa shape index (κ2) is 7.26. The Bertz CT molecular complexity index is 1080. The largest absolute Gasteiger partial charge is 0.479 e. The zero-order valence-corrected chi connectivity index (χ0v) is 16.7. The van der Waals surface area contributed by atoms with Crippen LogP contribution in [0.3, 0.4) is 0 Å². The van der Waals surface area contributed by atoms with Crippen molar-refractivity contribution in [3.63, 3.8) is 0 Å². The summed E-state index contributed by atoms with van der Waals surface area (Å²) in [7, 11) is 1.72. The molecule has 0 saturated carbocycles. The number of ether oxygens (including phenoxy) is 1. The maximum atomic E-state index is 12.3. The third kappa shape index (κ3) is 3.46. The average molecular weight is 414 g/mol. The molecule has 4 rings (SSSR count). The Morgan fingerprint density at radius 1 is 1.29 bits per heavy atom. The van der Waals surface area contributed by atoms with Crippen molar-refractivity contribution in [2.24, 2.45) is 0 Å². The summed E-state index contributed by atoms with van der Waals surface area (Å²) in [5.74, 6) is 0.280. The average Bonchev–Trinajstić information content (AvgIpc) is 3.14. The van der Waals surface area contributed by atoms with Gasteiger partial charge in [0.2, 0.25) is 0 Å². The number of carbonyl (C=O) groups excluding carboxylic acids is 2. The molecule has 8 heteroatoms. The Labute approximate surface area is 170 Å². The number of amides is 2. The third-order valence-corrected chi connectivity index (χ3v) is 5.40. The lowest BCUT2D eigenvalue weighted by Gasteiger charge is -2.30. The Hall–Kier alpha value is -2.90. The van der Waals surface area contributed by atoms with E-state index in [1.165, 1.54) is 11.3 Å². The molecular weight excluding hydrogens is 398 g/mol. The van der Waals surface area contributed by atoms with E-state index in [0.29, 0.717) is 32.8 Å². The van der Waals surface area contributed by atoms with E-state index < -0.39 is 6.10 Å². The second-order valence-electron chi connectivity index (χ2n) is 6.34. The number of hydrogen-bond donors (Lipinski definition) is 1. The number of nitrogens with one attached hydrogen (secondary N) is 1. The highest BCUT2D eigenvalue weighted by Crippen LogP contribution is 2.37. The van der Waals surface area contributed by atoms with Crippen molar-refractivity contribution < 1.29 is 14.3 Å². The zero-order valence-electron chi connectivity index (χ0n) is 15.1. The Morgan fingerprint density at radius 3 is 2.89 bits per heavy atom. The van der Waals surface area contributed by atoms with Gasteiger partial charge in [-0.05, 0) is 43.3 Å². The summed E-state index contributed by atoms with van der Waals surface area (Å²) in [5.41, 5.74) is 2.69. The predicted octanol–water partition coefficient (Wildman–Crippen LogP) is 4.46. The molecule has 2 amide bonds. The van der Waals surface area contributed by atoms with Crippen LogP contribution in [0.4, 0.5) is 10.8 Å². The molecule has 2 heterocycles. The van der Waals surface area contributed by atoms with Gasteiger partial charge in [-0.1, -0.05) is 17.7 Å². The molecule has 1 atom stereocenters. The molecule has 142 valence electrons. The monoisotopic (exact) mass is 413 g/mol. The molecular formula is C20H16ClN3O3S. The molecule has 0 aliphatic carbocycles. The molecule has 0 bridgehead atoms. The lowest BCUT2D eigenvalue weighted by Crippen LogP contribution is -2.41. The number of nitrogens with zero attached hydrogens (tertiary/aromatic N) is 2. The second-order valence-corrected chi connectivity index (χ2v) is 7.64. The lowest BCUT2D eigenvalue weighted by atomic mass is 10.1. The normalized spacial score (nSPS) is 15.8. The van der Waals surface area contributed by atoms with Crippen LogP contribution < -0.4 is 15.0 Å². The first-order valence-electron chi connectivity index (χ1n) is 8.53. The van der Waals surface area contributed by atoms with E-state index in [4.69, 9.17) is 16.3 Å².